The van der Waals surface area contributed by atoms with E-state index >= 15 is 0 Å². The van der Waals surface area contributed by atoms with E-state index in [0.717, 1.165) is 12.6 Å². The summed E-state index contributed by atoms with van der Waals surface area (Å²) in [6.45, 7) is 6.32. The second kappa shape index (κ2) is 7.05. The molecular weight excluding hydrogens is 244 g/mol. The molecule has 2 aliphatic rings. The third-order valence-electron chi connectivity index (χ3n) is 4.69. The number of benzene rings is 1. The van der Waals surface area contributed by atoms with Gasteiger partial charge in [0.15, 0.2) is 0 Å². The van der Waals surface area contributed by atoms with E-state index in [1.54, 1.807) is 0 Å². The molecule has 1 aromatic carbocycles. The molecule has 3 rings (SSSR count). The molecule has 0 spiro atoms. The standard InChI is InChI=1S/C18H26N2/c1-2-7-17(8-3-1)9-6-12-19-15-10-18(11-16-19)20-13-4-5-14-20/h1-3,6-9,18H,4-5,10-16H2/b9-6-. The van der Waals surface area contributed by atoms with Crippen LogP contribution in [0, 0.1) is 0 Å². The van der Waals surface area contributed by atoms with Gasteiger partial charge in [-0.1, -0.05) is 42.5 Å². The second-order valence-electron chi connectivity index (χ2n) is 6.09. The van der Waals surface area contributed by atoms with Crippen molar-refractivity contribution in [2.24, 2.45) is 0 Å². The summed E-state index contributed by atoms with van der Waals surface area (Å²) in [5, 5.41) is 0. The van der Waals surface area contributed by atoms with Crippen LogP contribution in [0.15, 0.2) is 36.4 Å². The summed E-state index contributed by atoms with van der Waals surface area (Å²) in [6.07, 6.45) is 10.1. The number of nitrogens with zero attached hydrogens (tertiary/aromatic N) is 2. The number of likely N-dealkylation sites (tertiary alicyclic amines) is 2. The second-order valence-corrected chi connectivity index (χ2v) is 6.09. The van der Waals surface area contributed by atoms with Gasteiger partial charge >= 0.3 is 0 Å². The average molecular weight is 270 g/mol. The van der Waals surface area contributed by atoms with Crippen molar-refractivity contribution in [1.82, 2.24) is 9.80 Å². The molecule has 20 heavy (non-hydrogen) atoms. The summed E-state index contributed by atoms with van der Waals surface area (Å²) in [7, 11) is 0. The quantitative estimate of drug-likeness (QED) is 0.828. The molecular formula is C18H26N2. The lowest BCUT2D eigenvalue weighted by Gasteiger charge is -2.36. The van der Waals surface area contributed by atoms with E-state index in [4.69, 9.17) is 0 Å². The first-order valence-corrected chi connectivity index (χ1v) is 8.10. The highest BCUT2D eigenvalue weighted by atomic mass is 15.2. The van der Waals surface area contributed by atoms with Crippen LogP contribution in [0.3, 0.4) is 0 Å². The van der Waals surface area contributed by atoms with Gasteiger partial charge in [-0.2, -0.15) is 0 Å². The molecule has 0 aliphatic carbocycles. The number of hydrogen-bond donors (Lipinski definition) is 0. The predicted octanol–water partition coefficient (Wildman–Crippen LogP) is 3.26. The van der Waals surface area contributed by atoms with Gasteiger partial charge in [-0.3, -0.25) is 4.90 Å². The third kappa shape index (κ3) is 3.71. The largest absolute Gasteiger partial charge is 0.300 e. The maximum Gasteiger partial charge on any atom is 0.0166 e. The van der Waals surface area contributed by atoms with Gasteiger partial charge in [-0.15, -0.1) is 0 Å². The van der Waals surface area contributed by atoms with Gasteiger partial charge in [-0.25, -0.2) is 0 Å². The number of piperidine rings is 1. The first-order valence-electron chi connectivity index (χ1n) is 8.10. The third-order valence-corrected chi connectivity index (χ3v) is 4.69. The molecule has 0 atom stereocenters. The van der Waals surface area contributed by atoms with Crippen LogP contribution in [0.4, 0.5) is 0 Å². The predicted molar refractivity (Wildman–Crippen MR) is 85.7 cm³/mol. The summed E-state index contributed by atoms with van der Waals surface area (Å²) in [5.74, 6) is 0. The Kier molecular flexibility index (Phi) is 4.88. The molecule has 0 bridgehead atoms. The number of rotatable bonds is 4. The summed E-state index contributed by atoms with van der Waals surface area (Å²) < 4.78 is 0. The fraction of sp³-hybridized carbons (Fsp3) is 0.556. The fourth-order valence-corrected chi connectivity index (χ4v) is 3.48. The van der Waals surface area contributed by atoms with Crippen molar-refractivity contribution in [3.05, 3.63) is 42.0 Å². The van der Waals surface area contributed by atoms with Crippen molar-refractivity contribution >= 4 is 6.08 Å². The summed E-state index contributed by atoms with van der Waals surface area (Å²) >= 11 is 0. The van der Waals surface area contributed by atoms with Gasteiger partial charge in [0.1, 0.15) is 0 Å². The van der Waals surface area contributed by atoms with Gasteiger partial charge in [0.05, 0.1) is 0 Å². The molecule has 2 heteroatoms. The van der Waals surface area contributed by atoms with Crippen LogP contribution in [0.2, 0.25) is 0 Å². The molecule has 2 heterocycles. The van der Waals surface area contributed by atoms with E-state index in [1.807, 2.05) is 0 Å². The van der Waals surface area contributed by atoms with Crippen LogP contribution in [-0.2, 0) is 0 Å². The van der Waals surface area contributed by atoms with Crippen molar-refractivity contribution in [3.63, 3.8) is 0 Å². The van der Waals surface area contributed by atoms with Crippen LogP contribution in [-0.4, -0.2) is 48.6 Å². The fourth-order valence-electron chi connectivity index (χ4n) is 3.48. The van der Waals surface area contributed by atoms with Gasteiger partial charge < -0.3 is 4.90 Å². The van der Waals surface area contributed by atoms with E-state index in [1.165, 1.54) is 57.4 Å². The van der Waals surface area contributed by atoms with Crippen molar-refractivity contribution in [2.75, 3.05) is 32.7 Å². The first-order chi connectivity index (χ1) is 9.92. The lowest BCUT2D eigenvalue weighted by Crippen LogP contribution is -2.43. The van der Waals surface area contributed by atoms with Gasteiger partial charge in [0, 0.05) is 12.6 Å². The minimum Gasteiger partial charge on any atom is -0.300 e. The Bertz CT molecular complexity index is 412. The Morgan fingerprint density at radius 3 is 2.35 bits per heavy atom. The minimum absolute atomic E-state index is 0.867. The maximum absolute atomic E-state index is 2.72. The van der Waals surface area contributed by atoms with Crippen LogP contribution >= 0.6 is 0 Å². The molecule has 2 nitrogen and oxygen atoms in total. The SMILES string of the molecule is C(=C/c1ccccc1)/CN1CCC(N2CCCC2)CC1. The highest BCUT2D eigenvalue weighted by Crippen LogP contribution is 2.20. The minimum atomic E-state index is 0.867. The lowest BCUT2D eigenvalue weighted by atomic mass is 10.0. The molecule has 0 amide bonds. The van der Waals surface area contributed by atoms with Crippen LogP contribution in [0.1, 0.15) is 31.2 Å². The lowest BCUT2D eigenvalue weighted by molar-refractivity contribution is 0.135. The molecule has 0 N–H and O–H groups in total. The Balaban J connectivity index is 1.41. The molecule has 0 unspecified atom stereocenters. The molecule has 1 aromatic rings. The normalized spacial score (nSPS) is 22.8. The molecule has 2 aliphatic heterocycles. The molecule has 108 valence electrons. The summed E-state index contributed by atoms with van der Waals surface area (Å²) in [4.78, 5) is 5.31. The van der Waals surface area contributed by atoms with E-state index in [0.29, 0.717) is 0 Å². The Hall–Kier alpha value is -1.12. The van der Waals surface area contributed by atoms with Crippen molar-refractivity contribution < 1.29 is 0 Å². The van der Waals surface area contributed by atoms with E-state index < -0.39 is 0 Å². The van der Waals surface area contributed by atoms with E-state index in [9.17, 15) is 0 Å². The average Bonchev–Trinajstić information content (AvgIpc) is 3.03. The molecule has 0 radical (unpaired) electrons. The van der Waals surface area contributed by atoms with Crippen molar-refractivity contribution in [3.8, 4) is 0 Å². The highest BCUT2D eigenvalue weighted by Gasteiger charge is 2.25. The van der Waals surface area contributed by atoms with Crippen LogP contribution < -0.4 is 0 Å². The van der Waals surface area contributed by atoms with Crippen molar-refractivity contribution in [1.29, 1.82) is 0 Å². The zero-order valence-corrected chi connectivity index (χ0v) is 12.4. The monoisotopic (exact) mass is 270 g/mol. The van der Waals surface area contributed by atoms with Crippen LogP contribution in [0.25, 0.3) is 6.08 Å². The van der Waals surface area contributed by atoms with Crippen molar-refractivity contribution in [2.45, 2.75) is 31.7 Å². The van der Waals surface area contributed by atoms with E-state index in [-0.39, 0.29) is 0 Å². The summed E-state index contributed by atoms with van der Waals surface area (Å²) in [5.41, 5.74) is 1.31. The molecule has 0 saturated carbocycles. The van der Waals surface area contributed by atoms with Gasteiger partial charge in [0.25, 0.3) is 0 Å². The zero-order valence-electron chi connectivity index (χ0n) is 12.4. The Labute approximate surface area is 123 Å². The molecule has 2 saturated heterocycles. The molecule has 0 aromatic heterocycles. The maximum atomic E-state index is 2.72. The highest BCUT2D eigenvalue weighted by molar-refractivity contribution is 5.48. The summed E-state index contributed by atoms with van der Waals surface area (Å²) in [6, 6.07) is 11.5. The van der Waals surface area contributed by atoms with Crippen LogP contribution in [0.5, 0.6) is 0 Å². The van der Waals surface area contributed by atoms with Gasteiger partial charge in [0.2, 0.25) is 0 Å². The topological polar surface area (TPSA) is 6.48 Å². The smallest absolute Gasteiger partial charge is 0.0166 e. The zero-order chi connectivity index (χ0) is 13.6. The number of hydrogen-bond acceptors (Lipinski definition) is 2. The Morgan fingerprint density at radius 1 is 0.950 bits per heavy atom. The Morgan fingerprint density at radius 2 is 1.65 bits per heavy atom. The van der Waals surface area contributed by atoms with Gasteiger partial charge in [-0.05, 0) is 57.4 Å². The van der Waals surface area contributed by atoms with E-state index in [2.05, 4.69) is 52.3 Å². The molecule has 2 fully saturated rings. The first kappa shape index (κ1) is 13.8.